The molecule has 0 amide bonds. The van der Waals surface area contributed by atoms with E-state index in [-0.39, 0.29) is 0 Å². The number of para-hydroxylation sites is 7. The lowest BCUT2D eigenvalue weighted by Gasteiger charge is -2.41. The molecule has 508 valence electrons. The Bertz CT molecular complexity index is 6140. The molecule has 0 aliphatic rings. The lowest BCUT2D eigenvalue weighted by atomic mass is 9.92. The molecule has 18 rings (SSSR count). The quantitative estimate of drug-likeness (QED) is 0.0839. The third-order valence-electron chi connectivity index (χ3n) is 20.4. The average molecular weight is 1370 g/mol. The van der Waals surface area contributed by atoms with Crippen LogP contribution in [0.1, 0.15) is 38.4 Å². The van der Waals surface area contributed by atoms with E-state index >= 15 is 0 Å². The Morgan fingerprint density at radius 3 is 1.40 bits per heavy atom. The molecule has 0 fully saturated rings. The van der Waals surface area contributed by atoms with E-state index in [1.807, 2.05) is 37.2 Å². The van der Waals surface area contributed by atoms with E-state index in [2.05, 4.69) is 372 Å². The highest BCUT2D eigenvalue weighted by atomic mass is 15.3. The monoisotopic (exact) mass is 1370 g/mol. The summed E-state index contributed by atoms with van der Waals surface area (Å²) in [6, 6.07) is 106. The van der Waals surface area contributed by atoms with Crippen LogP contribution in [0.2, 0.25) is 0 Å². The van der Waals surface area contributed by atoms with Crippen molar-refractivity contribution in [3.8, 4) is 50.8 Å². The number of fused-ring (bicyclic) bond motifs is 9. The lowest BCUT2D eigenvalue weighted by molar-refractivity contribution is 0.778. The first-order valence-electron chi connectivity index (χ1n) is 36.2. The maximum Gasteiger partial charge on any atom is 0.165 e. The molecule has 0 spiro atoms. The van der Waals surface area contributed by atoms with Gasteiger partial charge in [-0.2, -0.15) is 0 Å². The Labute approximate surface area is 615 Å². The molecule has 0 saturated carbocycles. The molecule has 0 saturated heterocycles. The summed E-state index contributed by atoms with van der Waals surface area (Å²) >= 11 is 0. The summed E-state index contributed by atoms with van der Waals surface area (Å²) in [5.74, 6) is 1.33. The summed E-state index contributed by atoms with van der Waals surface area (Å²) in [5.41, 5.74) is 22.0. The molecule has 0 aliphatic carbocycles. The number of rotatable bonds is 18. The van der Waals surface area contributed by atoms with Gasteiger partial charge in [0.15, 0.2) is 11.6 Å². The van der Waals surface area contributed by atoms with Gasteiger partial charge >= 0.3 is 0 Å². The number of hydrogen-bond acceptors (Lipinski definition) is 8. The van der Waals surface area contributed by atoms with Gasteiger partial charge in [0, 0.05) is 108 Å². The van der Waals surface area contributed by atoms with Crippen LogP contribution in [0.25, 0.3) is 122 Å². The Balaban J connectivity index is 1.05. The highest BCUT2D eigenvalue weighted by molar-refractivity contribution is 6.15. The van der Waals surface area contributed by atoms with Crippen LogP contribution in [0.5, 0.6) is 0 Å². The topological polar surface area (TPSA) is 89.0 Å². The van der Waals surface area contributed by atoms with E-state index < -0.39 is 6.04 Å². The van der Waals surface area contributed by atoms with Crippen LogP contribution in [-0.2, 0) is 0 Å². The minimum Gasteiger partial charge on any atom is -0.329 e. The van der Waals surface area contributed by atoms with Crippen molar-refractivity contribution in [2.24, 2.45) is 0 Å². The van der Waals surface area contributed by atoms with Gasteiger partial charge in [-0.15, -0.1) is 0 Å². The number of nitrogens with zero attached hydrogens (tertiary/aromatic N) is 11. The van der Waals surface area contributed by atoms with Gasteiger partial charge in [0.2, 0.25) is 0 Å². The van der Waals surface area contributed by atoms with Crippen LogP contribution in [-0.4, -0.2) is 44.7 Å². The first-order valence-corrected chi connectivity index (χ1v) is 36.2. The molecule has 0 N–H and O–H groups in total. The predicted octanol–water partition coefficient (Wildman–Crippen LogP) is 24.4. The first-order chi connectivity index (χ1) is 52.4. The highest BCUT2D eigenvalue weighted by Gasteiger charge is 2.38. The molecule has 0 aliphatic heterocycles. The molecule has 10 aromatic carbocycles. The largest absolute Gasteiger partial charge is 0.329 e. The Morgan fingerprint density at radius 2 is 0.868 bits per heavy atom. The fourth-order valence-electron chi connectivity index (χ4n) is 15.9. The maximum atomic E-state index is 6.65. The molecular formula is C95H73N11. The van der Waals surface area contributed by atoms with E-state index in [9.17, 15) is 0 Å². The molecule has 8 heterocycles. The molecule has 11 heteroatoms. The van der Waals surface area contributed by atoms with Gasteiger partial charge in [-0.25, -0.2) is 4.98 Å². The van der Waals surface area contributed by atoms with Crippen LogP contribution < -0.4 is 14.7 Å². The third-order valence-corrected chi connectivity index (χ3v) is 20.4. The van der Waals surface area contributed by atoms with E-state index in [4.69, 9.17) is 24.9 Å². The SMILES string of the molecule is C/C=C/c1cc(-c2ccc(N(c3ccccc3)c3ccccc3)cc2)ccc1N(c1c(-n2c3ccccc3c3ccncc32)nc(-n2c3ccccc3c3ccncc32)c(-n2c3ccccc3c3ccncc32)c1-c1ccccc1-c1cccc(C)n1)C(C)/C(=C/CC)N(c1ccccc1)c1ccccc1. The zero-order chi connectivity index (χ0) is 71.2. The molecule has 0 bridgehead atoms. The summed E-state index contributed by atoms with van der Waals surface area (Å²) < 4.78 is 7.18. The van der Waals surface area contributed by atoms with Crippen molar-refractivity contribution in [2.45, 2.75) is 40.2 Å². The fourth-order valence-corrected chi connectivity index (χ4v) is 15.9. The van der Waals surface area contributed by atoms with Crippen molar-refractivity contribution in [1.82, 2.24) is 38.6 Å². The van der Waals surface area contributed by atoms with E-state index in [1.165, 1.54) is 0 Å². The van der Waals surface area contributed by atoms with Gasteiger partial charge in [0.05, 0.1) is 69.1 Å². The maximum absolute atomic E-state index is 6.65. The molecule has 1 atom stereocenters. The summed E-state index contributed by atoms with van der Waals surface area (Å²) in [7, 11) is 0. The van der Waals surface area contributed by atoms with E-state index in [1.54, 1.807) is 0 Å². The standard InChI is InChI=1S/C95H73N11/c1-5-28-68-60-67(66-48-51-73(52-49-66)102(69-31-11-7-12-32-69)70-33-13-8-14-34-70)50-53-84(68)101(65(4)83(29-6-2)103(71-35-15-9-16-36-71)72-37-17-10-18-38-72)92-91(81-43-20-19-39-74(81)82-44-27-30-64(3)99-82)93(104-85-45-24-21-40-75(85)78-54-57-96-61-88(78)104)95(106-87-47-26-23-42-77(87)80-56-59-98-63-90(80)106)100-94(92)105-86-46-25-22-41-76(86)79-55-58-97-62-89(79)105/h5,7-63,65H,6H2,1-4H3/b28-5+,83-29-. The minimum absolute atomic E-state index is 0.526. The second-order valence-corrected chi connectivity index (χ2v) is 26.7. The van der Waals surface area contributed by atoms with Crippen LogP contribution in [0.3, 0.4) is 0 Å². The zero-order valence-corrected chi connectivity index (χ0v) is 59.2. The van der Waals surface area contributed by atoms with Gasteiger partial charge in [-0.3, -0.25) is 29.1 Å². The fraction of sp³-hybridized carbons (Fsp3) is 0.0632. The van der Waals surface area contributed by atoms with E-state index in [0.29, 0.717) is 18.1 Å². The van der Waals surface area contributed by atoms with Gasteiger partial charge in [-0.05, 0) is 171 Å². The van der Waals surface area contributed by atoms with Crippen LogP contribution >= 0.6 is 0 Å². The molecule has 0 radical (unpaired) electrons. The summed E-state index contributed by atoms with van der Waals surface area (Å²) in [6.07, 6.45) is 19.3. The normalized spacial score (nSPS) is 12.2. The van der Waals surface area contributed by atoms with Crippen LogP contribution in [0.4, 0.5) is 39.8 Å². The molecule has 11 nitrogen and oxygen atoms in total. The third kappa shape index (κ3) is 11.1. The molecule has 8 aromatic heterocycles. The van der Waals surface area contributed by atoms with Gasteiger partial charge < -0.3 is 19.3 Å². The number of aryl methyl sites for hydroxylation is 1. The smallest absolute Gasteiger partial charge is 0.165 e. The molecule has 106 heavy (non-hydrogen) atoms. The van der Waals surface area contributed by atoms with Crippen molar-refractivity contribution >= 4 is 111 Å². The van der Waals surface area contributed by atoms with Crippen LogP contribution in [0.15, 0.2) is 352 Å². The molecule has 1 unspecified atom stereocenters. The zero-order valence-electron chi connectivity index (χ0n) is 59.2. The Morgan fingerprint density at radius 1 is 0.415 bits per heavy atom. The minimum atomic E-state index is -0.526. The van der Waals surface area contributed by atoms with Crippen molar-refractivity contribution in [3.63, 3.8) is 0 Å². The molecular weight excluding hydrogens is 1300 g/mol. The summed E-state index contributed by atoms with van der Waals surface area (Å²) in [5, 5.41) is 6.32. The number of anilines is 7. The highest BCUT2D eigenvalue weighted by Crippen LogP contribution is 2.54. The number of hydrogen-bond donors (Lipinski definition) is 0. The second-order valence-electron chi connectivity index (χ2n) is 26.7. The van der Waals surface area contributed by atoms with E-state index in [0.717, 1.165) is 161 Å². The van der Waals surface area contributed by atoms with Crippen molar-refractivity contribution in [2.75, 3.05) is 14.7 Å². The lowest BCUT2D eigenvalue weighted by Crippen LogP contribution is -2.38. The number of pyridine rings is 5. The number of allylic oxidation sites excluding steroid dienone is 2. The summed E-state index contributed by atoms with van der Waals surface area (Å²) in [4.78, 5) is 34.5. The number of aromatic nitrogens is 8. The van der Waals surface area contributed by atoms with Crippen molar-refractivity contribution < 1.29 is 0 Å². The molecule has 18 aromatic rings. The van der Waals surface area contributed by atoms with Crippen molar-refractivity contribution in [1.29, 1.82) is 0 Å². The number of benzene rings is 10. The van der Waals surface area contributed by atoms with Crippen LogP contribution in [0, 0.1) is 6.92 Å². The Hall–Kier alpha value is -13.8. The Kier molecular flexibility index (Phi) is 16.7. The average Bonchev–Trinajstić information content (AvgIpc) is 1.43. The summed E-state index contributed by atoms with van der Waals surface area (Å²) in [6.45, 7) is 8.82. The first kappa shape index (κ1) is 64.3. The van der Waals surface area contributed by atoms with Gasteiger partial charge in [0.1, 0.15) is 5.69 Å². The van der Waals surface area contributed by atoms with Gasteiger partial charge in [-0.1, -0.05) is 201 Å². The van der Waals surface area contributed by atoms with Crippen molar-refractivity contribution in [3.05, 3.63) is 364 Å². The van der Waals surface area contributed by atoms with Gasteiger partial charge in [0.25, 0.3) is 0 Å². The second kappa shape index (κ2) is 27.5. The predicted molar refractivity (Wildman–Crippen MR) is 440 cm³/mol.